The summed E-state index contributed by atoms with van der Waals surface area (Å²) in [6.07, 6.45) is 2.94. The van der Waals surface area contributed by atoms with Crippen LogP contribution in [0.25, 0.3) is 0 Å². The molecule has 0 amide bonds. The van der Waals surface area contributed by atoms with Crippen LogP contribution in [0.2, 0.25) is 0 Å². The summed E-state index contributed by atoms with van der Waals surface area (Å²) >= 11 is 0. The predicted octanol–water partition coefficient (Wildman–Crippen LogP) is 1.31. The highest BCUT2D eigenvalue weighted by Crippen LogP contribution is 2.13. The Hall–Kier alpha value is -1.96. The number of hydrogen-bond acceptors (Lipinski definition) is 4. The topological polar surface area (TPSA) is 87.7 Å². The molecule has 0 fully saturated rings. The van der Waals surface area contributed by atoms with Gasteiger partial charge in [-0.25, -0.2) is 9.97 Å². The first-order valence-corrected chi connectivity index (χ1v) is 6.68. The summed E-state index contributed by atoms with van der Waals surface area (Å²) < 4.78 is 38.7. The second-order valence-corrected chi connectivity index (χ2v) is 5.17. The van der Waals surface area contributed by atoms with Crippen molar-refractivity contribution in [3.05, 3.63) is 36.3 Å². The quantitative estimate of drug-likeness (QED) is 0.820. The lowest BCUT2D eigenvalue weighted by Crippen LogP contribution is -2.13. The third-order valence-corrected chi connectivity index (χ3v) is 3.50. The van der Waals surface area contributed by atoms with Gasteiger partial charge in [0.2, 0.25) is 5.95 Å². The molecule has 0 radical (unpaired) electrons. The van der Waals surface area contributed by atoms with Crippen molar-refractivity contribution in [3.8, 4) is 0 Å². The number of aromatic nitrogens is 3. The van der Waals surface area contributed by atoms with Crippen LogP contribution in [-0.4, -0.2) is 23.4 Å². The zero-order valence-electron chi connectivity index (χ0n) is 9.51. The zero-order chi connectivity index (χ0) is 13.2. The van der Waals surface area contributed by atoms with Gasteiger partial charge in [-0.2, -0.15) is 12.8 Å². The Morgan fingerprint density at radius 2 is 2.11 bits per heavy atom. The van der Waals surface area contributed by atoms with Gasteiger partial charge in [0, 0.05) is 6.42 Å². The molecule has 96 valence electrons. The largest absolute Gasteiger partial charge is 0.332 e. The number of aryl methyl sites for hydroxylation is 1. The maximum absolute atomic E-state index is 12.6. The molecule has 0 saturated heterocycles. The smallest absolute Gasteiger partial charge is 0.279 e. The van der Waals surface area contributed by atoms with E-state index in [1.165, 1.54) is 12.3 Å². The summed E-state index contributed by atoms with van der Waals surface area (Å²) in [7, 11) is -3.75. The van der Waals surface area contributed by atoms with E-state index in [4.69, 9.17) is 0 Å². The number of pyridine rings is 1. The number of anilines is 1. The molecule has 2 N–H and O–H groups in total. The lowest BCUT2D eigenvalue weighted by molar-refractivity contribution is 0.583. The van der Waals surface area contributed by atoms with Crippen molar-refractivity contribution in [2.24, 2.45) is 0 Å². The molecule has 8 heteroatoms. The van der Waals surface area contributed by atoms with Crippen LogP contribution in [0.15, 0.2) is 29.6 Å². The van der Waals surface area contributed by atoms with Crippen LogP contribution in [0.1, 0.15) is 12.7 Å². The number of nitrogens with one attached hydrogen (secondary N) is 2. The number of hydrogen-bond donors (Lipinski definition) is 2. The van der Waals surface area contributed by atoms with Gasteiger partial charge in [-0.3, -0.25) is 4.72 Å². The van der Waals surface area contributed by atoms with Crippen LogP contribution in [0.4, 0.5) is 10.1 Å². The summed E-state index contributed by atoms with van der Waals surface area (Å²) in [6, 6.07) is 2.36. The third kappa shape index (κ3) is 2.65. The Morgan fingerprint density at radius 3 is 2.67 bits per heavy atom. The highest BCUT2D eigenvalue weighted by molar-refractivity contribution is 7.92. The van der Waals surface area contributed by atoms with Crippen molar-refractivity contribution in [2.45, 2.75) is 18.4 Å². The third-order valence-electron chi connectivity index (χ3n) is 2.21. The van der Waals surface area contributed by atoms with Gasteiger partial charge in [0.25, 0.3) is 10.0 Å². The number of rotatable bonds is 4. The molecular weight excluding hydrogens is 259 g/mol. The van der Waals surface area contributed by atoms with Crippen molar-refractivity contribution in [1.82, 2.24) is 15.0 Å². The van der Waals surface area contributed by atoms with E-state index in [-0.39, 0.29) is 10.7 Å². The molecule has 0 unspecified atom stereocenters. The van der Waals surface area contributed by atoms with Gasteiger partial charge in [0.1, 0.15) is 5.82 Å². The van der Waals surface area contributed by atoms with Crippen molar-refractivity contribution in [3.63, 3.8) is 0 Å². The van der Waals surface area contributed by atoms with Crippen molar-refractivity contribution in [1.29, 1.82) is 0 Å². The highest BCUT2D eigenvalue weighted by atomic mass is 32.2. The molecule has 0 aliphatic carbocycles. The summed E-state index contributed by atoms with van der Waals surface area (Å²) in [5.74, 6) is -0.0969. The van der Waals surface area contributed by atoms with Gasteiger partial charge in [-0.15, -0.1) is 0 Å². The second kappa shape index (κ2) is 4.73. The molecule has 2 heterocycles. The standard InChI is InChI=1S/C10H11FN4O2S/c1-2-9-13-6-10(14-9)18(16,17)15-7-3-4-8(11)12-5-7/h3-6,15H,2H2,1H3,(H,13,14). The summed E-state index contributed by atoms with van der Waals surface area (Å²) in [4.78, 5) is 9.94. The van der Waals surface area contributed by atoms with Crippen molar-refractivity contribution < 1.29 is 12.8 Å². The SMILES string of the molecule is CCc1ncc(S(=O)(=O)Nc2ccc(F)nc2)[nH]1. The molecule has 0 aliphatic rings. The van der Waals surface area contributed by atoms with Gasteiger partial charge in [-0.1, -0.05) is 6.92 Å². The van der Waals surface area contributed by atoms with E-state index >= 15 is 0 Å². The van der Waals surface area contributed by atoms with Crippen LogP contribution in [0.5, 0.6) is 0 Å². The molecule has 2 aromatic rings. The minimum absolute atomic E-state index is 0.0383. The summed E-state index contributed by atoms with van der Waals surface area (Å²) in [6.45, 7) is 1.85. The first-order chi connectivity index (χ1) is 8.51. The first kappa shape index (κ1) is 12.5. The molecule has 0 saturated carbocycles. The molecule has 2 aromatic heterocycles. The average Bonchev–Trinajstić information content (AvgIpc) is 2.81. The fraction of sp³-hybridized carbons (Fsp3) is 0.200. The van der Waals surface area contributed by atoms with Gasteiger partial charge < -0.3 is 4.98 Å². The fourth-order valence-electron chi connectivity index (χ4n) is 1.31. The molecule has 0 bridgehead atoms. The zero-order valence-corrected chi connectivity index (χ0v) is 10.3. The normalized spacial score (nSPS) is 11.4. The number of sulfonamides is 1. The van der Waals surface area contributed by atoms with Crippen LogP contribution < -0.4 is 4.72 Å². The molecule has 0 aliphatic heterocycles. The Balaban J connectivity index is 2.24. The van der Waals surface area contributed by atoms with E-state index in [0.29, 0.717) is 12.2 Å². The molecule has 0 atom stereocenters. The minimum Gasteiger partial charge on any atom is -0.332 e. The van der Waals surface area contributed by atoms with E-state index in [9.17, 15) is 12.8 Å². The van der Waals surface area contributed by atoms with Crippen LogP contribution in [-0.2, 0) is 16.4 Å². The average molecular weight is 270 g/mol. The lowest BCUT2D eigenvalue weighted by Gasteiger charge is -2.05. The van der Waals surface area contributed by atoms with E-state index in [2.05, 4.69) is 19.7 Å². The Morgan fingerprint density at radius 1 is 1.33 bits per heavy atom. The lowest BCUT2D eigenvalue weighted by atomic mass is 10.4. The second-order valence-electron chi connectivity index (χ2n) is 3.52. The van der Waals surface area contributed by atoms with Crippen molar-refractivity contribution in [2.75, 3.05) is 4.72 Å². The Kier molecular flexibility index (Phi) is 3.28. The molecule has 0 aromatic carbocycles. The van der Waals surface area contributed by atoms with Crippen LogP contribution in [0, 0.1) is 5.95 Å². The molecule has 0 spiro atoms. The van der Waals surface area contributed by atoms with Crippen LogP contribution >= 0.6 is 0 Å². The first-order valence-electron chi connectivity index (χ1n) is 5.19. The highest BCUT2D eigenvalue weighted by Gasteiger charge is 2.17. The number of halogens is 1. The maximum atomic E-state index is 12.6. The molecule has 18 heavy (non-hydrogen) atoms. The number of nitrogens with zero attached hydrogens (tertiary/aromatic N) is 2. The monoisotopic (exact) mass is 270 g/mol. The van der Waals surface area contributed by atoms with E-state index in [0.717, 1.165) is 12.3 Å². The summed E-state index contributed by atoms with van der Waals surface area (Å²) in [5, 5.41) is -0.0383. The fourth-order valence-corrected chi connectivity index (χ4v) is 2.29. The van der Waals surface area contributed by atoms with E-state index in [1.54, 1.807) is 0 Å². The molecule has 2 rings (SSSR count). The minimum atomic E-state index is -3.75. The van der Waals surface area contributed by atoms with Crippen LogP contribution in [0.3, 0.4) is 0 Å². The van der Waals surface area contributed by atoms with Gasteiger partial charge in [0.05, 0.1) is 18.1 Å². The number of H-pyrrole nitrogens is 1. The van der Waals surface area contributed by atoms with E-state index in [1.807, 2.05) is 6.92 Å². The maximum Gasteiger partial charge on any atom is 0.279 e. The van der Waals surface area contributed by atoms with Gasteiger partial charge in [-0.05, 0) is 12.1 Å². The van der Waals surface area contributed by atoms with Crippen molar-refractivity contribution >= 4 is 15.7 Å². The van der Waals surface area contributed by atoms with Gasteiger partial charge in [0.15, 0.2) is 5.03 Å². The Labute approximate surface area is 103 Å². The molecule has 6 nitrogen and oxygen atoms in total. The van der Waals surface area contributed by atoms with E-state index < -0.39 is 16.0 Å². The number of imidazole rings is 1. The summed E-state index contributed by atoms with van der Waals surface area (Å²) in [5.41, 5.74) is 0.184. The Bertz CT molecular complexity index is 636. The molecular formula is C10H11FN4O2S. The number of aromatic amines is 1. The van der Waals surface area contributed by atoms with Gasteiger partial charge >= 0.3 is 0 Å². The predicted molar refractivity (Wildman–Crippen MR) is 63.0 cm³/mol.